The molecule has 0 atom stereocenters. The number of amides is 1. The van der Waals surface area contributed by atoms with Crippen LogP contribution in [0.3, 0.4) is 0 Å². The van der Waals surface area contributed by atoms with E-state index in [1.54, 1.807) is 24.3 Å². The van der Waals surface area contributed by atoms with Crippen LogP contribution in [0, 0.1) is 0 Å². The van der Waals surface area contributed by atoms with E-state index in [0.29, 0.717) is 23.6 Å². The fourth-order valence-corrected chi connectivity index (χ4v) is 2.22. The van der Waals surface area contributed by atoms with Crippen LogP contribution in [0.5, 0.6) is 0 Å². The summed E-state index contributed by atoms with van der Waals surface area (Å²) in [7, 11) is 0. The van der Waals surface area contributed by atoms with Crippen LogP contribution in [0.25, 0.3) is 11.0 Å². The maximum atomic E-state index is 12.7. The van der Waals surface area contributed by atoms with Gasteiger partial charge in [0, 0.05) is 11.6 Å². The number of pyridine rings is 1. The zero-order valence-electron chi connectivity index (χ0n) is 12.1. The number of carbonyl (C=O) groups excluding carboxylic acids is 1. The molecule has 1 aromatic carbocycles. The molecule has 5 nitrogen and oxygen atoms in total. The molecule has 0 saturated heterocycles. The lowest BCUT2D eigenvalue weighted by molar-refractivity contribution is -0.137. The number of benzene rings is 1. The number of hydrogen-bond acceptors (Lipinski definition) is 3. The van der Waals surface area contributed by atoms with Gasteiger partial charge >= 0.3 is 6.18 Å². The van der Waals surface area contributed by atoms with Crippen LogP contribution in [0.2, 0.25) is 0 Å². The number of aromatic amines is 1. The molecule has 0 unspecified atom stereocenters. The van der Waals surface area contributed by atoms with Gasteiger partial charge < -0.3 is 14.7 Å². The first kappa shape index (κ1) is 15.9. The molecule has 0 aliphatic carbocycles. The maximum Gasteiger partial charge on any atom is 0.417 e. The molecule has 2 aromatic heterocycles. The van der Waals surface area contributed by atoms with Gasteiger partial charge in [0.2, 0.25) is 5.91 Å². The zero-order chi connectivity index (χ0) is 17.3. The molecule has 0 aliphatic heterocycles. The number of alkyl halides is 3. The Balaban J connectivity index is 1.78. The van der Waals surface area contributed by atoms with Gasteiger partial charge in [-0.1, -0.05) is 18.2 Å². The molecule has 0 aliphatic rings. The molecule has 0 spiro atoms. The number of fused-ring (bicyclic) bond motifs is 1. The van der Waals surface area contributed by atoms with Gasteiger partial charge in [0.25, 0.3) is 5.56 Å². The SMILES string of the molecule is O=C(Cc1cc2ccccc2o1)Nc1cc(C(F)(F)F)c[nH]c1=O. The van der Waals surface area contributed by atoms with E-state index >= 15 is 0 Å². The molecule has 8 heteroatoms. The highest BCUT2D eigenvalue weighted by atomic mass is 19.4. The quantitative estimate of drug-likeness (QED) is 0.770. The summed E-state index contributed by atoms with van der Waals surface area (Å²) in [6.07, 6.45) is -4.27. The van der Waals surface area contributed by atoms with Crippen LogP contribution in [0.15, 0.2) is 51.8 Å². The van der Waals surface area contributed by atoms with Gasteiger partial charge in [0.15, 0.2) is 0 Å². The van der Waals surface area contributed by atoms with Crippen LogP contribution in [-0.4, -0.2) is 10.9 Å². The molecular weight excluding hydrogens is 325 g/mol. The minimum atomic E-state index is -4.62. The fourth-order valence-electron chi connectivity index (χ4n) is 2.22. The molecule has 1 amide bonds. The Bertz CT molecular complexity index is 924. The summed E-state index contributed by atoms with van der Waals surface area (Å²) >= 11 is 0. The standard InChI is InChI=1S/C16H11F3N2O3/c17-16(18,19)10-6-12(15(23)20-8-10)21-14(22)7-11-5-9-3-1-2-4-13(9)24-11/h1-6,8H,7H2,(H,20,23)(H,21,22). The molecule has 2 heterocycles. The molecule has 3 aromatic rings. The van der Waals surface area contributed by atoms with E-state index in [1.807, 2.05) is 11.1 Å². The second-order valence-corrected chi connectivity index (χ2v) is 5.10. The Labute approximate surface area is 133 Å². The minimum Gasteiger partial charge on any atom is -0.461 e. The first-order valence-electron chi connectivity index (χ1n) is 6.90. The van der Waals surface area contributed by atoms with Crippen molar-refractivity contribution in [1.82, 2.24) is 4.98 Å². The van der Waals surface area contributed by atoms with E-state index in [2.05, 4.69) is 5.32 Å². The van der Waals surface area contributed by atoms with Gasteiger partial charge in [0.05, 0.1) is 12.0 Å². The van der Waals surface area contributed by atoms with Crippen molar-refractivity contribution in [2.75, 3.05) is 5.32 Å². The molecule has 3 rings (SSSR count). The van der Waals surface area contributed by atoms with Crippen molar-refractivity contribution in [2.45, 2.75) is 12.6 Å². The lowest BCUT2D eigenvalue weighted by Gasteiger charge is -2.08. The van der Waals surface area contributed by atoms with Crippen LogP contribution in [0.4, 0.5) is 18.9 Å². The van der Waals surface area contributed by atoms with E-state index in [-0.39, 0.29) is 6.42 Å². The topological polar surface area (TPSA) is 75.1 Å². The summed E-state index contributed by atoms with van der Waals surface area (Å²) in [6.45, 7) is 0. The first-order valence-corrected chi connectivity index (χ1v) is 6.90. The van der Waals surface area contributed by atoms with Crippen molar-refractivity contribution < 1.29 is 22.4 Å². The number of nitrogens with one attached hydrogen (secondary N) is 2. The summed E-state index contributed by atoms with van der Waals surface area (Å²) in [5.41, 5.74) is -1.75. The Morgan fingerprint density at radius 2 is 1.96 bits per heavy atom. The number of furan rings is 1. The monoisotopic (exact) mass is 336 g/mol. The Morgan fingerprint density at radius 3 is 2.67 bits per heavy atom. The summed E-state index contributed by atoms with van der Waals surface area (Å²) in [6, 6.07) is 9.37. The van der Waals surface area contributed by atoms with Crippen molar-refractivity contribution in [3.63, 3.8) is 0 Å². The van der Waals surface area contributed by atoms with E-state index in [9.17, 15) is 22.8 Å². The highest BCUT2D eigenvalue weighted by Gasteiger charge is 2.31. The van der Waals surface area contributed by atoms with Gasteiger partial charge in [-0.15, -0.1) is 0 Å². The van der Waals surface area contributed by atoms with Crippen molar-refractivity contribution >= 4 is 22.6 Å². The third kappa shape index (κ3) is 3.32. The number of rotatable bonds is 3. The van der Waals surface area contributed by atoms with Crippen molar-refractivity contribution in [3.8, 4) is 0 Å². The second kappa shape index (κ2) is 5.88. The third-order valence-electron chi connectivity index (χ3n) is 3.32. The van der Waals surface area contributed by atoms with Gasteiger partial charge in [-0.05, 0) is 18.2 Å². The normalized spacial score (nSPS) is 11.6. The number of carbonyl (C=O) groups is 1. The summed E-state index contributed by atoms with van der Waals surface area (Å²) in [5, 5.41) is 2.98. The zero-order valence-corrected chi connectivity index (χ0v) is 12.1. The highest BCUT2D eigenvalue weighted by Crippen LogP contribution is 2.29. The molecule has 2 N–H and O–H groups in total. The van der Waals surface area contributed by atoms with E-state index in [1.165, 1.54) is 0 Å². The maximum absolute atomic E-state index is 12.7. The molecule has 124 valence electrons. The van der Waals surface area contributed by atoms with E-state index in [0.717, 1.165) is 5.39 Å². The number of hydrogen-bond donors (Lipinski definition) is 2. The smallest absolute Gasteiger partial charge is 0.417 e. The predicted molar refractivity (Wildman–Crippen MR) is 80.6 cm³/mol. The summed E-state index contributed by atoms with van der Waals surface area (Å²) in [4.78, 5) is 25.5. The third-order valence-corrected chi connectivity index (χ3v) is 3.32. The lowest BCUT2D eigenvalue weighted by Crippen LogP contribution is -2.22. The first-order chi connectivity index (χ1) is 11.3. The molecule has 0 saturated carbocycles. The minimum absolute atomic E-state index is 0.204. The van der Waals surface area contributed by atoms with Gasteiger partial charge in [0.1, 0.15) is 17.0 Å². The Kier molecular flexibility index (Phi) is 3.88. The number of halogens is 3. The summed E-state index contributed by atoms with van der Waals surface area (Å²) in [5.74, 6) is -0.309. The largest absolute Gasteiger partial charge is 0.461 e. The average molecular weight is 336 g/mol. The van der Waals surface area contributed by atoms with Crippen molar-refractivity contribution in [1.29, 1.82) is 0 Å². The number of aromatic nitrogens is 1. The van der Waals surface area contributed by atoms with Crippen LogP contribution in [-0.2, 0) is 17.4 Å². The molecular formula is C16H11F3N2O3. The van der Waals surface area contributed by atoms with Crippen LogP contribution >= 0.6 is 0 Å². The van der Waals surface area contributed by atoms with Gasteiger partial charge in [-0.25, -0.2) is 0 Å². The molecule has 0 fully saturated rings. The fraction of sp³-hybridized carbons (Fsp3) is 0.125. The van der Waals surface area contributed by atoms with Crippen molar-refractivity contribution in [2.24, 2.45) is 0 Å². The lowest BCUT2D eigenvalue weighted by atomic mass is 10.2. The van der Waals surface area contributed by atoms with E-state index < -0.39 is 28.9 Å². The second-order valence-electron chi connectivity index (χ2n) is 5.10. The van der Waals surface area contributed by atoms with Gasteiger partial charge in [-0.2, -0.15) is 13.2 Å². The van der Waals surface area contributed by atoms with Crippen molar-refractivity contribution in [3.05, 3.63) is 64.3 Å². The molecule has 0 radical (unpaired) electrons. The molecule has 24 heavy (non-hydrogen) atoms. The number of anilines is 1. The Morgan fingerprint density at radius 1 is 1.21 bits per heavy atom. The van der Waals surface area contributed by atoms with Crippen LogP contribution in [0.1, 0.15) is 11.3 Å². The predicted octanol–water partition coefficient (Wildman–Crippen LogP) is 3.32. The van der Waals surface area contributed by atoms with Crippen LogP contribution < -0.4 is 10.9 Å². The number of H-pyrrole nitrogens is 1. The Hall–Kier alpha value is -3.03. The molecule has 0 bridgehead atoms. The van der Waals surface area contributed by atoms with Gasteiger partial charge in [-0.3, -0.25) is 9.59 Å². The van der Waals surface area contributed by atoms with E-state index in [4.69, 9.17) is 4.42 Å². The average Bonchev–Trinajstić information content (AvgIpc) is 2.90. The highest BCUT2D eigenvalue weighted by molar-refractivity contribution is 5.92. The number of para-hydroxylation sites is 1. The summed E-state index contributed by atoms with van der Waals surface area (Å²) < 4.78 is 43.4.